The van der Waals surface area contributed by atoms with E-state index in [9.17, 15) is 9.59 Å². The molecule has 3 rings (SSSR count). The van der Waals surface area contributed by atoms with Gasteiger partial charge in [0.1, 0.15) is 5.75 Å². The molecular weight excluding hydrogens is 378 g/mol. The summed E-state index contributed by atoms with van der Waals surface area (Å²) in [5, 5.41) is 2.98. The first-order chi connectivity index (χ1) is 14.3. The van der Waals surface area contributed by atoms with E-state index in [0.717, 1.165) is 11.1 Å². The van der Waals surface area contributed by atoms with Crippen molar-refractivity contribution in [3.8, 4) is 16.9 Å². The molecule has 0 unspecified atom stereocenters. The molecule has 0 aliphatic carbocycles. The molecule has 6 nitrogen and oxygen atoms in total. The predicted molar refractivity (Wildman–Crippen MR) is 118 cm³/mol. The molecule has 30 heavy (non-hydrogen) atoms. The van der Waals surface area contributed by atoms with Crippen molar-refractivity contribution in [1.82, 2.24) is 15.1 Å². The Hall–Kier alpha value is -2.86. The van der Waals surface area contributed by atoms with Crippen LogP contribution in [0.5, 0.6) is 5.75 Å². The second-order valence-electron chi connectivity index (χ2n) is 8.61. The number of carbonyl (C=O) groups excluding carboxylic acids is 2. The zero-order valence-electron chi connectivity index (χ0n) is 18.1. The van der Waals surface area contributed by atoms with Crippen LogP contribution in [0.15, 0.2) is 54.6 Å². The normalized spacial score (nSPS) is 15.0. The highest BCUT2D eigenvalue weighted by atomic mass is 16.5. The third-order valence-electron chi connectivity index (χ3n) is 4.93. The summed E-state index contributed by atoms with van der Waals surface area (Å²) in [6.07, 6.45) is 0. The quantitative estimate of drug-likeness (QED) is 0.797. The maximum Gasteiger partial charge on any atom is 0.260 e. The van der Waals surface area contributed by atoms with Gasteiger partial charge in [-0.05, 0) is 32.4 Å². The highest BCUT2D eigenvalue weighted by molar-refractivity contribution is 5.79. The molecule has 0 aromatic heterocycles. The Balaban J connectivity index is 1.49. The summed E-state index contributed by atoms with van der Waals surface area (Å²) >= 11 is 0. The summed E-state index contributed by atoms with van der Waals surface area (Å²) in [4.78, 5) is 28.6. The third-order valence-corrected chi connectivity index (χ3v) is 4.93. The standard InChI is InChI=1S/C24H31N3O3/c1-24(2,3)25-22(28)17-26-13-15-27(16-14-26)23(29)18-30-21-12-8-7-11-20(21)19-9-5-4-6-10-19/h4-12H,13-18H2,1-3H3,(H,25,28). The van der Waals surface area contributed by atoms with E-state index in [1.165, 1.54) is 0 Å². The fourth-order valence-electron chi connectivity index (χ4n) is 3.50. The van der Waals surface area contributed by atoms with Crippen LogP contribution in [-0.4, -0.2) is 66.5 Å². The molecule has 0 bridgehead atoms. The minimum Gasteiger partial charge on any atom is -0.483 e. The second-order valence-corrected chi connectivity index (χ2v) is 8.61. The number of ether oxygens (including phenoxy) is 1. The summed E-state index contributed by atoms with van der Waals surface area (Å²) in [6, 6.07) is 17.8. The van der Waals surface area contributed by atoms with E-state index in [2.05, 4.69) is 10.2 Å². The fraction of sp³-hybridized carbons (Fsp3) is 0.417. The molecule has 2 aromatic carbocycles. The highest BCUT2D eigenvalue weighted by Gasteiger charge is 2.24. The largest absolute Gasteiger partial charge is 0.483 e. The van der Waals surface area contributed by atoms with Gasteiger partial charge in [-0.3, -0.25) is 14.5 Å². The summed E-state index contributed by atoms with van der Waals surface area (Å²) < 4.78 is 5.88. The summed E-state index contributed by atoms with van der Waals surface area (Å²) in [6.45, 7) is 8.85. The molecule has 1 aliphatic heterocycles. The molecule has 6 heteroatoms. The first-order valence-corrected chi connectivity index (χ1v) is 10.4. The minimum atomic E-state index is -0.234. The van der Waals surface area contributed by atoms with Crippen LogP contribution in [0.4, 0.5) is 0 Å². The number of rotatable bonds is 6. The number of hydrogen-bond donors (Lipinski definition) is 1. The monoisotopic (exact) mass is 409 g/mol. The van der Waals surface area contributed by atoms with Crippen molar-refractivity contribution in [2.24, 2.45) is 0 Å². The highest BCUT2D eigenvalue weighted by Crippen LogP contribution is 2.29. The van der Waals surface area contributed by atoms with Gasteiger partial charge in [-0.15, -0.1) is 0 Å². The van der Waals surface area contributed by atoms with Gasteiger partial charge in [0.15, 0.2) is 6.61 Å². The van der Waals surface area contributed by atoms with Crippen molar-refractivity contribution >= 4 is 11.8 Å². The maximum atomic E-state index is 12.6. The summed E-state index contributed by atoms with van der Waals surface area (Å²) in [7, 11) is 0. The van der Waals surface area contributed by atoms with E-state index in [1.807, 2.05) is 80.3 Å². The number of nitrogens with zero attached hydrogens (tertiary/aromatic N) is 2. The molecule has 2 aromatic rings. The molecule has 0 atom stereocenters. The van der Waals surface area contributed by atoms with E-state index in [0.29, 0.717) is 38.5 Å². The number of para-hydroxylation sites is 1. The number of nitrogens with one attached hydrogen (secondary N) is 1. The van der Waals surface area contributed by atoms with Crippen molar-refractivity contribution in [1.29, 1.82) is 0 Å². The number of hydrogen-bond acceptors (Lipinski definition) is 4. The molecule has 1 aliphatic rings. The van der Waals surface area contributed by atoms with Gasteiger partial charge in [0.25, 0.3) is 5.91 Å². The first-order valence-electron chi connectivity index (χ1n) is 10.4. The van der Waals surface area contributed by atoms with Crippen LogP contribution in [0.2, 0.25) is 0 Å². The number of amides is 2. The Morgan fingerprint density at radius 1 is 0.933 bits per heavy atom. The average Bonchev–Trinajstić information content (AvgIpc) is 2.72. The van der Waals surface area contributed by atoms with E-state index in [1.54, 1.807) is 0 Å². The molecular formula is C24H31N3O3. The van der Waals surface area contributed by atoms with Gasteiger partial charge < -0.3 is 15.0 Å². The van der Waals surface area contributed by atoms with Gasteiger partial charge in [0.05, 0.1) is 6.54 Å². The number of benzene rings is 2. The van der Waals surface area contributed by atoms with Crippen LogP contribution in [0.25, 0.3) is 11.1 Å². The van der Waals surface area contributed by atoms with E-state index < -0.39 is 0 Å². The molecule has 1 heterocycles. The van der Waals surface area contributed by atoms with E-state index in [4.69, 9.17) is 4.74 Å². The molecule has 1 N–H and O–H groups in total. The molecule has 0 saturated carbocycles. The van der Waals surface area contributed by atoms with Crippen LogP contribution in [0.3, 0.4) is 0 Å². The van der Waals surface area contributed by atoms with Gasteiger partial charge >= 0.3 is 0 Å². The van der Waals surface area contributed by atoms with Crippen LogP contribution in [0.1, 0.15) is 20.8 Å². The van der Waals surface area contributed by atoms with E-state index >= 15 is 0 Å². The van der Waals surface area contributed by atoms with Gasteiger partial charge in [-0.25, -0.2) is 0 Å². The zero-order chi connectivity index (χ0) is 21.6. The lowest BCUT2D eigenvalue weighted by Crippen LogP contribution is -2.53. The second kappa shape index (κ2) is 9.76. The van der Waals surface area contributed by atoms with Gasteiger partial charge in [-0.2, -0.15) is 0 Å². The average molecular weight is 410 g/mol. The Bertz CT molecular complexity index is 853. The smallest absolute Gasteiger partial charge is 0.260 e. The summed E-state index contributed by atoms with van der Waals surface area (Å²) in [5.74, 6) is 0.689. The molecule has 1 fully saturated rings. The minimum absolute atomic E-state index is 0.00829. The SMILES string of the molecule is CC(C)(C)NC(=O)CN1CCN(C(=O)COc2ccccc2-c2ccccc2)CC1. The van der Waals surface area contributed by atoms with Gasteiger partial charge in [0, 0.05) is 37.3 Å². The summed E-state index contributed by atoms with van der Waals surface area (Å²) in [5.41, 5.74) is 1.80. The van der Waals surface area contributed by atoms with Crippen LogP contribution in [0, 0.1) is 0 Å². The molecule has 1 saturated heterocycles. The van der Waals surface area contributed by atoms with Gasteiger partial charge in [0.2, 0.25) is 5.91 Å². The molecule has 2 amide bonds. The maximum absolute atomic E-state index is 12.6. The van der Waals surface area contributed by atoms with Crippen LogP contribution < -0.4 is 10.1 Å². The van der Waals surface area contributed by atoms with Crippen molar-refractivity contribution in [3.05, 3.63) is 54.6 Å². The van der Waals surface area contributed by atoms with Gasteiger partial charge in [-0.1, -0.05) is 48.5 Å². The zero-order valence-corrected chi connectivity index (χ0v) is 18.1. The Morgan fingerprint density at radius 2 is 1.57 bits per heavy atom. The molecule has 160 valence electrons. The number of carbonyl (C=O) groups is 2. The lowest BCUT2D eigenvalue weighted by atomic mass is 10.1. The van der Waals surface area contributed by atoms with Crippen LogP contribution in [-0.2, 0) is 9.59 Å². The van der Waals surface area contributed by atoms with Crippen molar-refractivity contribution in [2.75, 3.05) is 39.3 Å². The van der Waals surface area contributed by atoms with Crippen molar-refractivity contribution in [2.45, 2.75) is 26.3 Å². The lowest BCUT2D eigenvalue weighted by Gasteiger charge is -2.34. The van der Waals surface area contributed by atoms with Crippen LogP contribution >= 0.6 is 0 Å². The fourth-order valence-corrected chi connectivity index (χ4v) is 3.50. The van der Waals surface area contributed by atoms with E-state index in [-0.39, 0.29) is 24.0 Å². The first kappa shape index (κ1) is 21.8. The Morgan fingerprint density at radius 3 is 2.23 bits per heavy atom. The topological polar surface area (TPSA) is 61.9 Å². The molecule has 0 radical (unpaired) electrons. The predicted octanol–water partition coefficient (Wildman–Crippen LogP) is 2.79. The third kappa shape index (κ3) is 6.32. The Labute approximate surface area is 178 Å². The Kier molecular flexibility index (Phi) is 7.11. The number of piperazine rings is 1. The van der Waals surface area contributed by atoms with Crippen molar-refractivity contribution in [3.63, 3.8) is 0 Å². The molecule has 0 spiro atoms. The van der Waals surface area contributed by atoms with Crippen molar-refractivity contribution < 1.29 is 14.3 Å². The lowest BCUT2D eigenvalue weighted by molar-refractivity contribution is -0.135.